The van der Waals surface area contributed by atoms with E-state index in [1.165, 1.54) is 0 Å². The Bertz CT molecular complexity index is 980. The van der Waals surface area contributed by atoms with Crippen LogP contribution in [0.5, 0.6) is 5.75 Å². The Morgan fingerprint density at radius 3 is 2.71 bits per heavy atom. The third kappa shape index (κ3) is 4.67. The van der Waals surface area contributed by atoms with E-state index < -0.39 is 17.5 Å². The lowest BCUT2D eigenvalue weighted by atomic mass is 9.86. The van der Waals surface area contributed by atoms with Gasteiger partial charge in [-0.3, -0.25) is 4.79 Å². The highest BCUT2D eigenvalue weighted by atomic mass is 19.2. The first-order valence-corrected chi connectivity index (χ1v) is 10.2. The van der Waals surface area contributed by atoms with Crippen molar-refractivity contribution in [3.05, 3.63) is 35.3 Å². The van der Waals surface area contributed by atoms with Crippen molar-refractivity contribution in [3.63, 3.8) is 0 Å². The van der Waals surface area contributed by atoms with Crippen LogP contribution in [0, 0.1) is 30.3 Å². The maximum Gasteiger partial charge on any atom is 0.244 e. The Morgan fingerprint density at radius 2 is 1.97 bits per heavy atom. The number of nitrogens with zero attached hydrogens (tertiary/aromatic N) is 3. The maximum absolute atomic E-state index is 13.4. The highest BCUT2D eigenvalue weighted by molar-refractivity contribution is 6.00. The summed E-state index contributed by atoms with van der Waals surface area (Å²) in [6, 6.07) is 1.83. The second kappa shape index (κ2) is 8.60. The highest BCUT2D eigenvalue weighted by Crippen LogP contribution is 2.32. The molecule has 10 heteroatoms. The summed E-state index contributed by atoms with van der Waals surface area (Å²) in [7, 11) is 1.81. The van der Waals surface area contributed by atoms with E-state index in [9.17, 15) is 18.0 Å². The molecule has 2 heterocycles. The highest BCUT2D eigenvalue weighted by Gasteiger charge is 2.27. The second-order valence-corrected chi connectivity index (χ2v) is 8.12. The van der Waals surface area contributed by atoms with Crippen LogP contribution in [-0.4, -0.2) is 42.1 Å². The molecule has 1 amide bonds. The van der Waals surface area contributed by atoms with Crippen LogP contribution in [0.2, 0.25) is 0 Å². The molecule has 1 aliphatic heterocycles. The summed E-state index contributed by atoms with van der Waals surface area (Å²) in [5.74, 6) is -2.82. The summed E-state index contributed by atoms with van der Waals surface area (Å²) in [5, 5.41) is 6.18. The van der Waals surface area contributed by atoms with Gasteiger partial charge < -0.3 is 20.3 Å². The molecule has 2 N–H and O–H groups in total. The Hall–Kier alpha value is -3.04. The van der Waals surface area contributed by atoms with Gasteiger partial charge in [-0.25, -0.2) is 18.2 Å². The number of aromatic nitrogens is 2. The number of benzene rings is 1. The van der Waals surface area contributed by atoms with Crippen LogP contribution < -0.4 is 20.3 Å². The quantitative estimate of drug-likeness (QED) is 0.699. The predicted molar refractivity (Wildman–Crippen MR) is 110 cm³/mol. The number of carbonyl (C=O) groups excluding carboxylic acids is 1. The smallest absolute Gasteiger partial charge is 0.244 e. The van der Waals surface area contributed by atoms with Crippen LogP contribution >= 0.6 is 0 Å². The predicted octanol–water partition coefficient (Wildman–Crippen LogP) is 3.64. The van der Waals surface area contributed by atoms with Crippen molar-refractivity contribution in [2.75, 3.05) is 35.7 Å². The van der Waals surface area contributed by atoms with E-state index in [1.54, 1.807) is 4.90 Å². The first kappa shape index (κ1) is 21.2. The topological polar surface area (TPSA) is 79.4 Å². The summed E-state index contributed by atoms with van der Waals surface area (Å²) in [6.45, 7) is 2.33. The van der Waals surface area contributed by atoms with Gasteiger partial charge in [-0.15, -0.1) is 0 Å². The molecule has 2 atom stereocenters. The lowest BCUT2D eigenvalue weighted by Gasteiger charge is -2.31. The van der Waals surface area contributed by atoms with Crippen molar-refractivity contribution in [1.82, 2.24) is 9.97 Å². The molecule has 0 bridgehead atoms. The number of likely N-dealkylation sites (N-methyl/N-ethyl adjacent to an activating group) is 1. The molecule has 1 aromatic heterocycles. The summed E-state index contributed by atoms with van der Waals surface area (Å²) < 4.78 is 45.3. The number of rotatable bonds is 5. The Morgan fingerprint density at radius 1 is 1.23 bits per heavy atom. The number of hydrogen-bond donors (Lipinski definition) is 2. The number of fused-ring (bicyclic) bond motifs is 1. The maximum atomic E-state index is 13.4. The van der Waals surface area contributed by atoms with Crippen LogP contribution in [0.1, 0.15) is 31.4 Å². The van der Waals surface area contributed by atoms with E-state index in [4.69, 9.17) is 4.74 Å². The molecule has 0 unspecified atom stereocenters. The summed E-state index contributed by atoms with van der Waals surface area (Å²) in [5.41, 5.74) is 1.31. The van der Waals surface area contributed by atoms with Gasteiger partial charge in [-0.05, 0) is 32.1 Å². The number of amides is 1. The minimum absolute atomic E-state index is 0.0230. The minimum Gasteiger partial charge on any atom is -0.493 e. The molecule has 166 valence electrons. The number of ether oxygens (including phenoxy) is 1. The first-order chi connectivity index (χ1) is 14.8. The minimum atomic E-state index is -1.50. The van der Waals surface area contributed by atoms with Crippen molar-refractivity contribution < 1.29 is 22.7 Å². The number of halogens is 3. The third-order valence-corrected chi connectivity index (χ3v) is 5.64. The van der Waals surface area contributed by atoms with E-state index in [0.29, 0.717) is 23.1 Å². The van der Waals surface area contributed by atoms with E-state index in [-0.39, 0.29) is 36.8 Å². The summed E-state index contributed by atoms with van der Waals surface area (Å²) in [6.07, 6.45) is 3.58. The largest absolute Gasteiger partial charge is 0.493 e. The average Bonchev–Trinajstić information content (AvgIpc) is 2.71. The number of anilines is 3. The van der Waals surface area contributed by atoms with Gasteiger partial charge in [0.1, 0.15) is 11.4 Å². The molecule has 31 heavy (non-hydrogen) atoms. The molecule has 0 saturated heterocycles. The molecular formula is C21H24F3N5O2. The van der Waals surface area contributed by atoms with Crippen molar-refractivity contribution in [1.29, 1.82) is 0 Å². The fraction of sp³-hybridized carbons (Fsp3) is 0.476. The molecular weight excluding hydrogens is 411 g/mol. The van der Waals surface area contributed by atoms with Crippen LogP contribution in [0.25, 0.3) is 0 Å². The van der Waals surface area contributed by atoms with Gasteiger partial charge in [0.2, 0.25) is 11.9 Å². The van der Waals surface area contributed by atoms with Crippen LogP contribution in [0.15, 0.2) is 12.1 Å². The lowest BCUT2D eigenvalue weighted by molar-refractivity contribution is -0.115. The number of nitrogens with one attached hydrogen (secondary N) is 2. The van der Waals surface area contributed by atoms with E-state index in [1.807, 2.05) is 14.0 Å². The van der Waals surface area contributed by atoms with Gasteiger partial charge in [0.25, 0.3) is 0 Å². The van der Waals surface area contributed by atoms with Gasteiger partial charge in [0.15, 0.2) is 23.3 Å². The fourth-order valence-electron chi connectivity index (χ4n) is 4.10. The van der Waals surface area contributed by atoms with E-state index in [2.05, 4.69) is 20.6 Å². The van der Waals surface area contributed by atoms with Crippen molar-refractivity contribution in [2.24, 2.45) is 5.92 Å². The van der Waals surface area contributed by atoms with Crippen molar-refractivity contribution in [3.8, 4) is 5.75 Å². The zero-order valence-electron chi connectivity index (χ0n) is 17.3. The Kier molecular flexibility index (Phi) is 5.88. The SMILES string of the molecule is Cc1nc(N[C@@H]2CCC[C@@H](COc3cc(F)c(F)c(F)c3)C2)nc2c1NC(=O)CN2C. The van der Waals surface area contributed by atoms with E-state index in [0.717, 1.165) is 37.8 Å². The molecule has 1 aromatic carbocycles. The van der Waals surface area contributed by atoms with Gasteiger partial charge in [-0.1, -0.05) is 6.42 Å². The summed E-state index contributed by atoms with van der Waals surface area (Å²) in [4.78, 5) is 22.6. The van der Waals surface area contributed by atoms with Gasteiger partial charge >= 0.3 is 0 Å². The zero-order chi connectivity index (χ0) is 22.1. The third-order valence-electron chi connectivity index (χ3n) is 5.64. The monoisotopic (exact) mass is 435 g/mol. The average molecular weight is 435 g/mol. The number of carbonyl (C=O) groups is 1. The molecule has 2 aliphatic rings. The number of aryl methyl sites for hydroxylation is 1. The molecule has 1 saturated carbocycles. The van der Waals surface area contributed by atoms with E-state index >= 15 is 0 Å². The van der Waals surface area contributed by atoms with Crippen LogP contribution in [0.3, 0.4) is 0 Å². The lowest BCUT2D eigenvalue weighted by Crippen LogP contribution is -2.37. The normalized spacial score (nSPS) is 20.8. The molecule has 0 radical (unpaired) electrons. The molecule has 7 nitrogen and oxygen atoms in total. The van der Waals surface area contributed by atoms with Gasteiger partial charge in [0.05, 0.1) is 18.8 Å². The zero-order valence-corrected chi connectivity index (χ0v) is 17.3. The standard InChI is InChI=1S/C21H24F3N5O2/c1-11-19-20(29(2)9-17(30)27-19)28-21(25-11)26-13-5-3-4-12(6-13)10-31-14-7-15(22)18(24)16(23)8-14/h7-8,12-13H,3-6,9-10H2,1-2H3,(H,27,30)(H,25,26,28)/t12-,13-/m1/s1. The Labute approximate surface area is 178 Å². The molecule has 1 fully saturated rings. The molecule has 0 spiro atoms. The molecule has 2 aromatic rings. The summed E-state index contributed by atoms with van der Waals surface area (Å²) >= 11 is 0. The van der Waals surface area contributed by atoms with Crippen molar-refractivity contribution >= 4 is 23.4 Å². The Balaban J connectivity index is 1.39. The van der Waals surface area contributed by atoms with Gasteiger partial charge in [-0.2, -0.15) is 4.98 Å². The van der Waals surface area contributed by atoms with Gasteiger partial charge in [0, 0.05) is 25.2 Å². The first-order valence-electron chi connectivity index (χ1n) is 10.2. The van der Waals surface area contributed by atoms with Crippen LogP contribution in [-0.2, 0) is 4.79 Å². The van der Waals surface area contributed by atoms with Crippen molar-refractivity contribution in [2.45, 2.75) is 38.6 Å². The number of hydrogen-bond acceptors (Lipinski definition) is 6. The molecule has 4 rings (SSSR count). The molecule has 1 aliphatic carbocycles. The fourth-order valence-corrected chi connectivity index (χ4v) is 4.10. The second-order valence-electron chi connectivity index (χ2n) is 8.12. The van der Waals surface area contributed by atoms with Crippen LogP contribution in [0.4, 0.5) is 30.6 Å².